The summed E-state index contributed by atoms with van der Waals surface area (Å²) in [7, 11) is 1.68. The van der Waals surface area contributed by atoms with Crippen molar-refractivity contribution in [1.82, 2.24) is 15.0 Å². The number of ether oxygens (including phenoxy) is 1. The highest BCUT2D eigenvalue weighted by molar-refractivity contribution is 4.99. The smallest absolute Gasteiger partial charge is 0.243 e. The van der Waals surface area contributed by atoms with Gasteiger partial charge in [0.15, 0.2) is 5.82 Å². The van der Waals surface area contributed by atoms with Gasteiger partial charge in [-0.3, -0.25) is 4.90 Å². The summed E-state index contributed by atoms with van der Waals surface area (Å²) in [4.78, 5) is 7.03. The second-order valence-corrected chi connectivity index (χ2v) is 6.02. The normalized spacial score (nSPS) is 19.3. The van der Waals surface area contributed by atoms with Crippen LogP contribution in [0.15, 0.2) is 27.3 Å². The first-order valence-corrected chi connectivity index (χ1v) is 8.44. The Kier molecular flexibility index (Phi) is 5.82. The third-order valence-electron chi connectivity index (χ3n) is 4.36. The number of hydrogen-bond donors (Lipinski definition) is 0. The molecule has 2 aromatic heterocycles. The van der Waals surface area contributed by atoms with E-state index in [9.17, 15) is 0 Å². The molecule has 6 heteroatoms. The van der Waals surface area contributed by atoms with Crippen LogP contribution in [0.1, 0.15) is 49.2 Å². The molecule has 2 aromatic rings. The molecule has 0 amide bonds. The van der Waals surface area contributed by atoms with Crippen molar-refractivity contribution >= 4 is 0 Å². The van der Waals surface area contributed by atoms with E-state index in [1.54, 1.807) is 13.4 Å². The number of aryl methyl sites for hydroxylation is 1. The summed E-state index contributed by atoms with van der Waals surface area (Å²) in [5.41, 5.74) is 0. The number of rotatable bonds is 8. The maximum absolute atomic E-state index is 5.51. The maximum Gasteiger partial charge on any atom is 0.243 e. The molecule has 0 saturated carbocycles. The summed E-state index contributed by atoms with van der Waals surface area (Å²) in [6.07, 6.45) is 8.03. The molecule has 126 valence electrons. The molecule has 1 aliphatic heterocycles. The van der Waals surface area contributed by atoms with E-state index < -0.39 is 0 Å². The highest BCUT2D eigenvalue weighted by atomic mass is 16.5. The molecule has 1 saturated heterocycles. The van der Waals surface area contributed by atoms with E-state index >= 15 is 0 Å². The number of hydrogen-bond acceptors (Lipinski definition) is 6. The van der Waals surface area contributed by atoms with Crippen molar-refractivity contribution in [2.75, 3.05) is 26.8 Å². The first-order chi connectivity index (χ1) is 11.4. The van der Waals surface area contributed by atoms with Gasteiger partial charge in [0.25, 0.3) is 0 Å². The minimum Gasteiger partial charge on any atom is -0.469 e. The quantitative estimate of drug-likeness (QED) is 0.745. The van der Waals surface area contributed by atoms with Crippen LogP contribution in [0.25, 0.3) is 0 Å². The van der Waals surface area contributed by atoms with Crippen molar-refractivity contribution in [3.63, 3.8) is 0 Å². The topological polar surface area (TPSA) is 64.5 Å². The highest BCUT2D eigenvalue weighted by Crippen LogP contribution is 2.30. The van der Waals surface area contributed by atoms with Gasteiger partial charge in [-0.1, -0.05) is 11.6 Å². The monoisotopic (exact) mass is 319 g/mol. The van der Waals surface area contributed by atoms with Crippen LogP contribution in [0.4, 0.5) is 0 Å². The fraction of sp³-hybridized carbons (Fsp3) is 0.647. The number of likely N-dealkylation sites (tertiary alicyclic amines) is 1. The van der Waals surface area contributed by atoms with Crippen molar-refractivity contribution < 1.29 is 13.7 Å². The Morgan fingerprint density at radius 2 is 2.30 bits per heavy atom. The molecule has 23 heavy (non-hydrogen) atoms. The molecular formula is C17H25N3O3. The lowest BCUT2D eigenvalue weighted by molar-refractivity contribution is 0.117. The predicted octanol–water partition coefficient (Wildman–Crippen LogP) is 3.01. The number of furan rings is 1. The summed E-state index contributed by atoms with van der Waals surface area (Å²) in [6.45, 7) is 2.75. The van der Waals surface area contributed by atoms with Crippen molar-refractivity contribution in [1.29, 1.82) is 0 Å². The van der Waals surface area contributed by atoms with Crippen molar-refractivity contribution in [2.24, 2.45) is 0 Å². The van der Waals surface area contributed by atoms with E-state index in [0.717, 1.165) is 49.8 Å². The molecule has 0 unspecified atom stereocenters. The minimum atomic E-state index is 0.254. The van der Waals surface area contributed by atoms with Crippen molar-refractivity contribution in [3.05, 3.63) is 35.9 Å². The summed E-state index contributed by atoms with van der Waals surface area (Å²) in [5.74, 6) is 2.55. The van der Waals surface area contributed by atoms with Crippen LogP contribution in [0.5, 0.6) is 0 Å². The predicted molar refractivity (Wildman–Crippen MR) is 85.1 cm³/mol. The lowest BCUT2D eigenvalue weighted by Crippen LogP contribution is -2.34. The van der Waals surface area contributed by atoms with E-state index in [0.29, 0.717) is 13.0 Å². The summed E-state index contributed by atoms with van der Waals surface area (Å²) >= 11 is 0. The number of aromatic nitrogens is 2. The number of piperidine rings is 1. The third kappa shape index (κ3) is 4.42. The first kappa shape index (κ1) is 16.2. The van der Waals surface area contributed by atoms with Gasteiger partial charge < -0.3 is 13.7 Å². The average Bonchev–Trinajstić information content (AvgIpc) is 3.25. The lowest BCUT2D eigenvalue weighted by atomic mass is 10.0. The van der Waals surface area contributed by atoms with Crippen LogP contribution in [0.3, 0.4) is 0 Å². The minimum absolute atomic E-state index is 0.254. The van der Waals surface area contributed by atoms with Gasteiger partial charge in [0, 0.05) is 20.0 Å². The summed E-state index contributed by atoms with van der Waals surface area (Å²) in [6, 6.07) is 4.23. The zero-order valence-corrected chi connectivity index (χ0v) is 13.7. The molecule has 1 aliphatic rings. The Balaban J connectivity index is 1.56. The van der Waals surface area contributed by atoms with E-state index in [2.05, 4.69) is 15.0 Å². The SMILES string of the molecule is COCCc1noc([C@@H]2CCCCN2CCCc2ccco2)n1. The molecule has 0 radical (unpaired) electrons. The van der Waals surface area contributed by atoms with Crippen molar-refractivity contribution in [3.8, 4) is 0 Å². The van der Waals surface area contributed by atoms with Crippen LogP contribution in [0, 0.1) is 0 Å². The number of methoxy groups -OCH3 is 1. The van der Waals surface area contributed by atoms with E-state index in [4.69, 9.17) is 13.7 Å². The fourth-order valence-corrected chi connectivity index (χ4v) is 3.15. The summed E-state index contributed by atoms with van der Waals surface area (Å²) < 4.78 is 16.0. The molecular weight excluding hydrogens is 294 g/mol. The van der Waals surface area contributed by atoms with Gasteiger partial charge in [0.2, 0.25) is 5.89 Å². The fourth-order valence-electron chi connectivity index (χ4n) is 3.15. The molecule has 1 atom stereocenters. The van der Waals surface area contributed by atoms with Crippen molar-refractivity contribution in [2.45, 2.75) is 44.6 Å². The average molecular weight is 319 g/mol. The molecule has 3 heterocycles. The van der Waals surface area contributed by atoms with Gasteiger partial charge >= 0.3 is 0 Å². The van der Waals surface area contributed by atoms with Crippen LogP contribution in [0.2, 0.25) is 0 Å². The second kappa shape index (κ2) is 8.26. The molecule has 3 rings (SSSR count). The Labute approximate surface area is 136 Å². The van der Waals surface area contributed by atoms with Gasteiger partial charge in [-0.05, 0) is 44.5 Å². The Bertz CT molecular complexity index is 567. The molecule has 0 bridgehead atoms. The van der Waals surface area contributed by atoms with Crippen LogP contribution < -0.4 is 0 Å². The Morgan fingerprint density at radius 3 is 3.13 bits per heavy atom. The Morgan fingerprint density at radius 1 is 1.35 bits per heavy atom. The number of nitrogens with zero attached hydrogens (tertiary/aromatic N) is 3. The van der Waals surface area contributed by atoms with Gasteiger partial charge in [-0.25, -0.2) is 0 Å². The molecule has 0 aliphatic carbocycles. The van der Waals surface area contributed by atoms with Crippen LogP contribution in [-0.4, -0.2) is 41.8 Å². The largest absolute Gasteiger partial charge is 0.469 e. The van der Waals surface area contributed by atoms with Gasteiger partial charge in [-0.2, -0.15) is 4.98 Å². The van der Waals surface area contributed by atoms with Gasteiger partial charge in [0.1, 0.15) is 5.76 Å². The third-order valence-corrected chi connectivity index (χ3v) is 4.36. The van der Waals surface area contributed by atoms with Gasteiger partial charge in [-0.15, -0.1) is 0 Å². The molecule has 0 spiro atoms. The van der Waals surface area contributed by atoms with E-state index in [-0.39, 0.29) is 6.04 Å². The second-order valence-electron chi connectivity index (χ2n) is 6.02. The van der Waals surface area contributed by atoms with E-state index in [1.165, 1.54) is 12.8 Å². The molecule has 6 nitrogen and oxygen atoms in total. The molecule has 0 aromatic carbocycles. The van der Waals surface area contributed by atoms with Crippen LogP contribution >= 0.6 is 0 Å². The Hall–Kier alpha value is -1.66. The van der Waals surface area contributed by atoms with Gasteiger partial charge in [0.05, 0.1) is 18.9 Å². The molecule has 1 fully saturated rings. The maximum atomic E-state index is 5.51. The lowest BCUT2D eigenvalue weighted by Gasteiger charge is -2.33. The standard InChI is InChI=1S/C17H25N3O3/c1-21-13-9-16-18-17(23-19-16)15-8-2-3-10-20(15)11-4-6-14-7-5-12-22-14/h5,7,12,15H,2-4,6,8-11,13H2,1H3/t15-/m0/s1. The van der Waals surface area contributed by atoms with Crippen LogP contribution in [-0.2, 0) is 17.6 Å². The molecule has 0 N–H and O–H groups in total. The highest BCUT2D eigenvalue weighted by Gasteiger charge is 2.28. The summed E-state index contributed by atoms with van der Waals surface area (Å²) in [5, 5.41) is 4.08. The zero-order valence-electron chi connectivity index (χ0n) is 13.7. The van der Waals surface area contributed by atoms with E-state index in [1.807, 2.05) is 12.1 Å². The zero-order chi connectivity index (χ0) is 15.9. The first-order valence-electron chi connectivity index (χ1n) is 8.44.